The first kappa shape index (κ1) is 22.0. The Morgan fingerprint density at radius 1 is 1.00 bits per heavy atom. The van der Waals surface area contributed by atoms with E-state index in [0.29, 0.717) is 5.69 Å². The molecule has 6 nitrogen and oxygen atoms in total. The largest absolute Gasteiger partial charge is 0.455 e. The summed E-state index contributed by atoms with van der Waals surface area (Å²) in [6.45, 7) is 8.90. The van der Waals surface area contributed by atoms with Crippen LogP contribution in [0.15, 0.2) is 48.8 Å². The van der Waals surface area contributed by atoms with Gasteiger partial charge in [-0.1, -0.05) is 12.1 Å². The number of rotatable bonds is 4. The second kappa shape index (κ2) is 8.74. The topological polar surface area (TPSA) is 59.4 Å². The molecule has 1 fully saturated rings. The van der Waals surface area contributed by atoms with Gasteiger partial charge in [0.05, 0.1) is 0 Å². The van der Waals surface area contributed by atoms with Gasteiger partial charge in [0.1, 0.15) is 22.9 Å². The molecule has 1 aromatic carbocycles. The van der Waals surface area contributed by atoms with Crippen LogP contribution in [-0.4, -0.2) is 47.3 Å². The first-order valence-corrected chi connectivity index (χ1v) is 10.8. The van der Waals surface area contributed by atoms with Crippen LogP contribution in [0.2, 0.25) is 0 Å². The summed E-state index contributed by atoms with van der Waals surface area (Å²) in [7, 11) is 1.90. The van der Waals surface area contributed by atoms with E-state index in [2.05, 4.69) is 15.2 Å². The van der Waals surface area contributed by atoms with Crippen LogP contribution in [-0.2, 0) is 11.8 Å². The summed E-state index contributed by atoms with van der Waals surface area (Å²) in [5, 5.41) is 3.38. The van der Waals surface area contributed by atoms with Gasteiger partial charge in [-0.05, 0) is 56.2 Å². The van der Waals surface area contributed by atoms with Gasteiger partial charge in [0.15, 0.2) is 0 Å². The molecule has 4 rings (SSSR count). The number of benzene rings is 1. The Morgan fingerprint density at radius 3 is 2.19 bits per heavy atom. The lowest BCUT2D eigenvalue weighted by Crippen LogP contribution is -2.44. The Bertz CT molecular complexity index is 1100. The molecule has 32 heavy (non-hydrogen) atoms. The van der Waals surface area contributed by atoms with Gasteiger partial charge in [0.25, 0.3) is 0 Å². The van der Waals surface area contributed by atoms with Gasteiger partial charge in [-0.15, -0.1) is 0 Å². The molecule has 3 aromatic rings. The highest BCUT2D eigenvalue weighted by Crippen LogP contribution is 2.44. The van der Waals surface area contributed by atoms with Gasteiger partial charge in [-0.2, -0.15) is 0 Å². The third-order valence-corrected chi connectivity index (χ3v) is 5.47. The van der Waals surface area contributed by atoms with E-state index in [1.807, 2.05) is 44.5 Å². The minimum atomic E-state index is -0.645. The fraction of sp³-hybridized carbons (Fsp3) is 0.360. The van der Waals surface area contributed by atoms with E-state index in [1.54, 1.807) is 24.5 Å². The molecule has 0 spiro atoms. The Hall–Kier alpha value is -3.19. The van der Waals surface area contributed by atoms with Gasteiger partial charge in [0.2, 0.25) is 0 Å². The van der Waals surface area contributed by atoms with Crippen LogP contribution in [0.3, 0.4) is 0 Å². The van der Waals surface area contributed by atoms with Crippen LogP contribution >= 0.6 is 0 Å². The van der Waals surface area contributed by atoms with Crippen molar-refractivity contribution in [1.29, 1.82) is 0 Å². The van der Waals surface area contributed by atoms with Crippen LogP contribution in [0.1, 0.15) is 31.3 Å². The first-order chi connectivity index (χ1) is 15.3. The molecule has 1 aliphatic rings. The van der Waals surface area contributed by atoms with Gasteiger partial charge < -0.3 is 19.5 Å². The lowest BCUT2D eigenvalue weighted by Gasteiger charge is -2.31. The zero-order valence-corrected chi connectivity index (χ0v) is 19.0. The molecule has 0 radical (unpaired) electrons. The third-order valence-electron chi connectivity index (χ3n) is 5.47. The Morgan fingerprint density at radius 2 is 1.59 bits per heavy atom. The number of piperazine rings is 1. The van der Waals surface area contributed by atoms with Crippen molar-refractivity contribution < 1.29 is 13.9 Å². The predicted octanol–water partition coefficient (Wildman–Crippen LogP) is 4.26. The van der Waals surface area contributed by atoms with E-state index in [0.717, 1.165) is 54.3 Å². The highest BCUT2D eigenvalue weighted by atomic mass is 19.1. The number of hydrogen-bond donors (Lipinski definition) is 1. The maximum atomic E-state index is 13.8. The van der Waals surface area contributed by atoms with E-state index in [1.165, 1.54) is 12.1 Å². The van der Waals surface area contributed by atoms with Crippen molar-refractivity contribution in [3.8, 4) is 22.3 Å². The van der Waals surface area contributed by atoms with Crippen molar-refractivity contribution >= 4 is 11.8 Å². The summed E-state index contributed by atoms with van der Waals surface area (Å²) >= 11 is 0. The lowest BCUT2D eigenvalue weighted by molar-refractivity contribution is 0.00601. The Labute approximate surface area is 188 Å². The number of nitrogens with one attached hydrogen (secondary N) is 1. The predicted molar refractivity (Wildman–Crippen MR) is 124 cm³/mol. The quantitative estimate of drug-likeness (QED) is 0.620. The second-order valence-electron chi connectivity index (χ2n) is 8.96. The Kier molecular flexibility index (Phi) is 6.02. The zero-order valence-electron chi connectivity index (χ0n) is 19.0. The molecular weight excluding hydrogens is 407 g/mol. The fourth-order valence-corrected chi connectivity index (χ4v) is 4.17. The van der Waals surface area contributed by atoms with Crippen LogP contribution < -0.4 is 10.2 Å². The number of ether oxygens (including phenoxy) is 1. The molecule has 0 bridgehead atoms. The minimum absolute atomic E-state index is 0.323. The molecule has 1 saturated heterocycles. The van der Waals surface area contributed by atoms with E-state index in [-0.39, 0.29) is 5.82 Å². The number of nitrogens with zero attached hydrogens (tertiary/aromatic N) is 3. The maximum Gasteiger partial charge on any atom is 0.356 e. The van der Waals surface area contributed by atoms with E-state index in [9.17, 15) is 9.18 Å². The number of hydrogen-bond acceptors (Lipinski definition) is 5. The lowest BCUT2D eigenvalue weighted by atomic mass is 9.96. The standard InChI is InChI=1S/C25H29FN4O2/c1-25(2,3)32-24(31)22-20(17-5-7-19(26)8-6-17)21(18-9-11-27-12-10-18)23(29(22)4)30-15-13-28-14-16-30/h5-12,28H,13-16H2,1-4H3. The van der Waals surface area contributed by atoms with E-state index >= 15 is 0 Å². The molecule has 2 aromatic heterocycles. The molecule has 168 valence electrons. The molecular formula is C25H29FN4O2. The number of pyridine rings is 1. The summed E-state index contributed by atoms with van der Waals surface area (Å²) in [4.78, 5) is 19.9. The van der Waals surface area contributed by atoms with Gasteiger partial charge >= 0.3 is 5.97 Å². The average Bonchev–Trinajstić information content (AvgIpc) is 3.07. The molecule has 0 aliphatic carbocycles. The number of carbonyl (C=O) groups is 1. The number of esters is 1. The monoisotopic (exact) mass is 436 g/mol. The zero-order chi connectivity index (χ0) is 22.9. The highest BCUT2D eigenvalue weighted by molar-refractivity contribution is 6.05. The van der Waals surface area contributed by atoms with Crippen LogP contribution in [0, 0.1) is 5.82 Å². The summed E-state index contributed by atoms with van der Waals surface area (Å²) in [5.74, 6) is 0.213. The SMILES string of the molecule is Cn1c(C(=O)OC(C)(C)C)c(-c2ccc(F)cc2)c(-c2ccncc2)c1N1CCNCC1. The summed E-state index contributed by atoms with van der Waals surface area (Å²) < 4.78 is 21.5. The summed E-state index contributed by atoms with van der Waals surface area (Å²) in [6.07, 6.45) is 3.48. The third kappa shape index (κ3) is 4.39. The van der Waals surface area contributed by atoms with Crippen LogP contribution in [0.25, 0.3) is 22.3 Å². The second-order valence-corrected chi connectivity index (χ2v) is 8.96. The molecule has 1 N–H and O–H groups in total. The molecule has 1 aliphatic heterocycles. The van der Waals surface area contributed by atoms with E-state index < -0.39 is 11.6 Å². The highest BCUT2D eigenvalue weighted by Gasteiger charge is 2.32. The van der Waals surface area contributed by atoms with Crippen LogP contribution in [0.5, 0.6) is 0 Å². The normalized spacial score (nSPS) is 14.5. The van der Waals surface area contributed by atoms with Crippen LogP contribution in [0.4, 0.5) is 10.2 Å². The summed E-state index contributed by atoms with van der Waals surface area (Å²) in [5.41, 5.74) is 3.17. The molecule has 0 unspecified atom stereocenters. The average molecular weight is 437 g/mol. The van der Waals surface area contributed by atoms with Crippen molar-refractivity contribution in [1.82, 2.24) is 14.9 Å². The van der Waals surface area contributed by atoms with Gasteiger partial charge in [-0.25, -0.2) is 9.18 Å². The van der Waals surface area contributed by atoms with Crippen molar-refractivity contribution in [3.63, 3.8) is 0 Å². The minimum Gasteiger partial charge on any atom is -0.455 e. The number of anilines is 1. The number of halogens is 1. The Balaban J connectivity index is 2.03. The molecule has 0 atom stereocenters. The van der Waals surface area contributed by atoms with Gasteiger partial charge in [-0.3, -0.25) is 4.98 Å². The number of aromatic nitrogens is 2. The molecule has 3 heterocycles. The van der Waals surface area contributed by atoms with Gasteiger partial charge in [0, 0.05) is 56.7 Å². The van der Waals surface area contributed by atoms with Crippen molar-refractivity contribution in [2.45, 2.75) is 26.4 Å². The first-order valence-electron chi connectivity index (χ1n) is 10.8. The fourth-order valence-electron chi connectivity index (χ4n) is 4.17. The summed E-state index contributed by atoms with van der Waals surface area (Å²) in [6, 6.07) is 10.1. The van der Waals surface area contributed by atoms with Crippen molar-refractivity contribution in [2.75, 3.05) is 31.1 Å². The number of carbonyl (C=O) groups excluding carboxylic acids is 1. The van der Waals surface area contributed by atoms with Crippen molar-refractivity contribution in [3.05, 3.63) is 60.3 Å². The molecule has 0 saturated carbocycles. The molecule has 7 heteroatoms. The molecule has 0 amide bonds. The van der Waals surface area contributed by atoms with Crippen molar-refractivity contribution in [2.24, 2.45) is 7.05 Å². The smallest absolute Gasteiger partial charge is 0.356 e. The van der Waals surface area contributed by atoms with E-state index in [4.69, 9.17) is 4.74 Å². The maximum absolute atomic E-state index is 13.8.